The van der Waals surface area contributed by atoms with Crippen molar-refractivity contribution >= 4 is 16.9 Å². The molecule has 140 valence electrons. The molecule has 4 heterocycles. The van der Waals surface area contributed by atoms with E-state index in [1.807, 2.05) is 29.6 Å². The summed E-state index contributed by atoms with van der Waals surface area (Å²) in [6.07, 6.45) is 7.37. The highest BCUT2D eigenvalue weighted by atomic mass is 16.2. The van der Waals surface area contributed by atoms with Gasteiger partial charge in [-0.1, -0.05) is 6.92 Å². The molecule has 2 aromatic heterocycles. The second kappa shape index (κ2) is 6.65. The molecule has 2 aliphatic heterocycles. The Bertz CT molecular complexity index is 817. The van der Waals surface area contributed by atoms with Gasteiger partial charge in [-0.25, -0.2) is 9.67 Å². The summed E-state index contributed by atoms with van der Waals surface area (Å²) in [6, 6.07) is 3.64. The summed E-state index contributed by atoms with van der Waals surface area (Å²) >= 11 is 0. The van der Waals surface area contributed by atoms with E-state index in [2.05, 4.69) is 29.2 Å². The maximum Gasteiger partial charge on any atom is 0.254 e. The average Bonchev–Trinajstić information content (AvgIpc) is 3.21. The smallest absolute Gasteiger partial charge is 0.254 e. The minimum absolute atomic E-state index is 0.0931. The van der Waals surface area contributed by atoms with Crippen LogP contribution in [0.25, 0.3) is 11.0 Å². The molecule has 0 saturated carbocycles. The van der Waals surface area contributed by atoms with E-state index >= 15 is 0 Å². The fourth-order valence-electron chi connectivity index (χ4n) is 4.51. The van der Waals surface area contributed by atoms with Crippen LogP contribution in [-0.4, -0.2) is 50.7 Å². The molecule has 4 rings (SSSR count). The van der Waals surface area contributed by atoms with Gasteiger partial charge in [-0.3, -0.25) is 4.79 Å². The molecule has 2 saturated heterocycles. The number of pyridine rings is 1. The third kappa shape index (κ3) is 2.90. The molecular weight excluding hydrogens is 326 g/mol. The van der Waals surface area contributed by atoms with E-state index in [-0.39, 0.29) is 11.9 Å². The first-order valence-corrected chi connectivity index (χ1v) is 9.86. The molecule has 3 unspecified atom stereocenters. The number of piperidine rings is 1. The fraction of sp³-hybridized carbons (Fsp3) is 0.650. The van der Waals surface area contributed by atoms with Crippen molar-refractivity contribution in [3.05, 3.63) is 23.5 Å². The lowest BCUT2D eigenvalue weighted by Gasteiger charge is -2.35. The van der Waals surface area contributed by atoms with Crippen molar-refractivity contribution in [1.82, 2.24) is 25.0 Å². The zero-order valence-corrected chi connectivity index (χ0v) is 16.2. The number of amides is 1. The second-order valence-electron chi connectivity index (χ2n) is 8.07. The predicted molar refractivity (Wildman–Crippen MR) is 102 cm³/mol. The summed E-state index contributed by atoms with van der Waals surface area (Å²) < 4.78 is 1.95. The summed E-state index contributed by atoms with van der Waals surface area (Å²) in [4.78, 5) is 20.0. The van der Waals surface area contributed by atoms with Crippen molar-refractivity contribution in [2.45, 2.75) is 77.0 Å². The lowest BCUT2D eigenvalue weighted by atomic mass is 9.97. The fourth-order valence-corrected chi connectivity index (χ4v) is 4.51. The molecular formula is C20H29N5O. The number of fused-ring (bicyclic) bond motifs is 3. The van der Waals surface area contributed by atoms with Gasteiger partial charge in [0.1, 0.15) is 0 Å². The Morgan fingerprint density at radius 2 is 2.08 bits per heavy atom. The summed E-state index contributed by atoms with van der Waals surface area (Å²) in [7, 11) is 1.96. The van der Waals surface area contributed by atoms with Crippen molar-refractivity contribution < 1.29 is 4.79 Å². The number of hydrogen-bond donors (Lipinski definition) is 1. The van der Waals surface area contributed by atoms with Crippen LogP contribution in [0.15, 0.2) is 12.3 Å². The number of hydrogen-bond acceptors (Lipinski definition) is 4. The highest BCUT2D eigenvalue weighted by Gasteiger charge is 2.37. The Hall–Kier alpha value is -1.95. The van der Waals surface area contributed by atoms with Gasteiger partial charge < -0.3 is 10.2 Å². The SMILES string of the molecule is CCC(C)n1ncc2c(C(=O)N(C)C3CC4CCC(C3)N4)cc(C)nc21. The van der Waals surface area contributed by atoms with E-state index in [9.17, 15) is 4.79 Å². The third-order valence-corrected chi connectivity index (χ3v) is 6.25. The van der Waals surface area contributed by atoms with Gasteiger partial charge in [-0.15, -0.1) is 0 Å². The Kier molecular flexibility index (Phi) is 4.47. The van der Waals surface area contributed by atoms with Gasteiger partial charge >= 0.3 is 0 Å². The van der Waals surface area contributed by atoms with Crippen LogP contribution in [0.1, 0.15) is 68.0 Å². The normalized spacial score (nSPS) is 26.2. The van der Waals surface area contributed by atoms with Crippen molar-refractivity contribution in [1.29, 1.82) is 0 Å². The quantitative estimate of drug-likeness (QED) is 0.915. The lowest BCUT2D eigenvalue weighted by molar-refractivity contribution is 0.0683. The molecule has 1 amide bonds. The third-order valence-electron chi connectivity index (χ3n) is 6.25. The van der Waals surface area contributed by atoms with Crippen LogP contribution < -0.4 is 5.32 Å². The van der Waals surface area contributed by atoms with Gasteiger partial charge in [0, 0.05) is 30.9 Å². The summed E-state index contributed by atoms with van der Waals surface area (Å²) in [5.74, 6) is 0.0931. The standard InChI is InChI=1S/C20H29N5O/c1-5-13(3)25-19-18(11-21-25)17(8-12(2)22-19)20(26)24(4)16-9-14-6-7-15(10-16)23-14/h8,11,13-16,23H,5-7,9-10H2,1-4H3. The Morgan fingerprint density at radius 1 is 1.38 bits per heavy atom. The van der Waals surface area contributed by atoms with Crippen LogP contribution in [0.5, 0.6) is 0 Å². The summed E-state index contributed by atoms with van der Waals surface area (Å²) in [6.45, 7) is 6.23. The number of carbonyl (C=O) groups is 1. The van der Waals surface area contributed by atoms with Crippen LogP contribution in [-0.2, 0) is 0 Å². The molecule has 2 aliphatic rings. The Labute approximate surface area is 155 Å². The molecule has 6 nitrogen and oxygen atoms in total. The van der Waals surface area contributed by atoms with Gasteiger partial charge in [-0.2, -0.15) is 5.10 Å². The first-order valence-electron chi connectivity index (χ1n) is 9.86. The monoisotopic (exact) mass is 355 g/mol. The Balaban J connectivity index is 1.67. The van der Waals surface area contributed by atoms with E-state index in [1.54, 1.807) is 6.20 Å². The van der Waals surface area contributed by atoms with Gasteiger partial charge in [-0.05, 0) is 52.0 Å². The minimum Gasteiger partial charge on any atom is -0.339 e. The molecule has 2 aromatic rings. The van der Waals surface area contributed by atoms with E-state index < -0.39 is 0 Å². The first kappa shape index (κ1) is 17.5. The van der Waals surface area contributed by atoms with Gasteiger partial charge in [0.2, 0.25) is 0 Å². The molecule has 1 N–H and O–H groups in total. The number of carbonyl (C=O) groups excluding carboxylic acids is 1. The number of nitrogens with zero attached hydrogens (tertiary/aromatic N) is 4. The van der Waals surface area contributed by atoms with Crippen molar-refractivity contribution in [3.8, 4) is 0 Å². The summed E-state index contributed by atoms with van der Waals surface area (Å²) in [5, 5.41) is 9.05. The molecule has 3 atom stereocenters. The topological polar surface area (TPSA) is 63.1 Å². The number of aromatic nitrogens is 3. The van der Waals surface area contributed by atoms with E-state index in [0.717, 1.165) is 41.6 Å². The van der Waals surface area contributed by atoms with Crippen LogP contribution in [0.2, 0.25) is 0 Å². The second-order valence-corrected chi connectivity index (χ2v) is 8.07. The van der Waals surface area contributed by atoms with Crippen LogP contribution in [0.3, 0.4) is 0 Å². The average molecular weight is 355 g/mol. The summed E-state index contributed by atoms with van der Waals surface area (Å²) in [5.41, 5.74) is 2.42. The number of aryl methyl sites for hydroxylation is 1. The highest BCUT2D eigenvalue weighted by molar-refractivity contribution is 6.05. The molecule has 2 bridgehead atoms. The van der Waals surface area contributed by atoms with Gasteiger partial charge in [0.05, 0.1) is 23.2 Å². The predicted octanol–water partition coefficient (Wildman–Crippen LogP) is 3.07. The van der Waals surface area contributed by atoms with E-state index in [4.69, 9.17) is 0 Å². The lowest BCUT2D eigenvalue weighted by Crippen LogP contribution is -2.48. The van der Waals surface area contributed by atoms with Crippen LogP contribution >= 0.6 is 0 Å². The zero-order valence-electron chi connectivity index (χ0n) is 16.2. The molecule has 6 heteroatoms. The molecule has 2 fully saturated rings. The van der Waals surface area contributed by atoms with Gasteiger partial charge in [0.15, 0.2) is 5.65 Å². The maximum atomic E-state index is 13.3. The maximum absolute atomic E-state index is 13.3. The first-order chi connectivity index (χ1) is 12.5. The number of rotatable bonds is 4. The van der Waals surface area contributed by atoms with Crippen LogP contribution in [0.4, 0.5) is 0 Å². The molecule has 0 spiro atoms. The van der Waals surface area contributed by atoms with Crippen molar-refractivity contribution in [2.75, 3.05) is 7.05 Å². The molecule has 0 radical (unpaired) electrons. The van der Waals surface area contributed by atoms with Gasteiger partial charge in [0.25, 0.3) is 5.91 Å². The minimum atomic E-state index is 0.0931. The van der Waals surface area contributed by atoms with Crippen molar-refractivity contribution in [3.63, 3.8) is 0 Å². The van der Waals surface area contributed by atoms with Crippen molar-refractivity contribution in [2.24, 2.45) is 0 Å². The van der Waals surface area contributed by atoms with Crippen LogP contribution in [0, 0.1) is 6.92 Å². The Morgan fingerprint density at radius 3 is 2.73 bits per heavy atom. The van der Waals surface area contributed by atoms with E-state index in [1.165, 1.54) is 12.8 Å². The largest absolute Gasteiger partial charge is 0.339 e. The van der Waals surface area contributed by atoms with E-state index in [0.29, 0.717) is 18.1 Å². The number of nitrogens with one attached hydrogen (secondary N) is 1. The molecule has 0 aromatic carbocycles. The molecule has 26 heavy (non-hydrogen) atoms. The molecule has 0 aliphatic carbocycles. The zero-order chi connectivity index (χ0) is 18.4. The highest BCUT2D eigenvalue weighted by Crippen LogP contribution is 2.31.